The van der Waals surface area contributed by atoms with Gasteiger partial charge >= 0.3 is 34.2 Å². The minimum Gasteiger partial charge on any atom is -0.416 e. The van der Waals surface area contributed by atoms with Crippen LogP contribution in [0.25, 0.3) is 0 Å². The van der Waals surface area contributed by atoms with Crippen LogP contribution in [0.4, 0.5) is 0 Å². The second kappa shape index (κ2) is 5.12. The molecular formula is C12H28O4Si4. The summed E-state index contributed by atoms with van der Waals surface area (Å²) in [4.78, 5) is 0. The summed E-state index contributed by atoms with van der Waals surface area (Å²) in [5.41, 5.74) is 0. The number of hydrogen-bond donors (Lipinski definition) is 0. The quantitative estimate of drug-likeness (QED) is 0.621. The van der Waals surface area contributed by atoms with Gasteiger partial charge < -0.3 is 16.5 Å². The van der Waals surface area contributed by atoms with E-state index in [-0.39, 0.29) is 0 Å². The van der Waals surface area contributed by atoms with Gasteiger partial charge in [0.1, 0.15) is 0 Å². The molecule has 0 aromatic rings. The lowest BCUT2D eigenvalue weighted by Gasteiger charge is -2.48. The Bertz CT molecular complexity index is 320. The van der Waals surface area contributed by atoms with Gasteiger partial charge in [-0.2, -0.15) is 0 Å². The van der Waals surface area contributed by atoms with Crippen LogP contribution < -0.4 is 0 Å². The van der Waals surface area contributed by atoms with Crippen LogP contribution >= 0.6 is 0 Å². The summed E-state index contributed by atoms with van der Waals surface area (Å²) in [5, 5.41) is 0. The molecule has 0 N–H and O–H groups in total. The van der Waals surface area contributed by atoms with Gasteiger partial charge in [0, 0.05) is 0 Å². The van der Waals surface area contributed by atoms with E-state index in [2.05, 4.69) is 26.2 Å². The topological polar surface area (TPSA) is 36.9 Å². The molecule has 0 atom stereocenters. The van der Waals surface area contributed by atoms with Crippen LogP contribution in [0.5, 0.6) is 0 Å². The van der Waals surface area contributed by atoms with Crippen molar-refractivity contribution in [1.29, 1.82) is 0 Å². The average molecular weight is 349 g/mol. The predicted molar refractivity (Wildman–Crippen MR) is 88.5 cm³/mol. The zero-order valence-electron chi connectivity index (χ0n) is 13.3. The molecule has 4 nitrogen and oxygen atoms in total. The molecule has 0 aromatic carbocycles. The molecule has 2 spiro atoms. The van der Waals surface area contributed by atoms with E-state index in [9.17, 15) is 0 Å². The predicted octanol–water partition coefficient (Wildman–Crippen LogP) is 3.94. The molecule has 20 heavy (non-hydrogen) atoms. The number of rotatable bonds is 0. The van der Waals surface area contributed by atoms with Crippen molar-refractivity contribution >= 4 is 34.2 Å². The van der Waals surface area contributed by atoms with E-state index in [0.29, 0.717) is 0 Å². The van der Waals surface area contributed by atoms with Crippen molar-refractivity contribution in [3.63, 3.8) is 0 Å². The van der Waals surface area contributed by atoms with Gasteiger partial charge in [0.2, 0.25) is 0 Å². The van der Waals surface area contributed by atoms with Crippen LogP contribution in [0, 0.1) is 0 Å². The van der Waals surface area contributed by atoms with Crippen molar-refractivity contribution in [2.75, 3.05) is 0 Å². The standard InChI is InChI=1S/C12H28O4Si4/c1-17(2)13-19(9-5-6-10-19)15-18(3,4)16-20(14-17)11-7-8-12-20/h5-12H2,1-4H3. The lowest BCUT2D eigenvalue weighted by Crippen LogP contribution is -2.66. The van der Waals surface area contributed by atoms with Crippen LogP contribution in [0.15, 0.2) is 0 Å². The van der Waals surface area contributed by atoms with E-state index in [1.807, 2.05) is 0 Å². The van der Waals surface area contributed by atoms with Gasteiger partial charge in [0.25, 0.3) is 0 Å². The molecule has 3 aliphatic heterocycles. The molecule has 0 saturated carbocycles. The first-order valence-electron chi connectivity index (χ1n) is 8.05. The summed E-state index contributed by atoms with van der Waals surface area (Å²) in [6, 6.07) is 4.56. The highest BCUT2D eigenvalue weighted by atomic mass is 28.5. The SMILES string of the molecule is C[Si]1(C)O[Si]2(CCCC2)O[Si](C)(C)O[Si]2(CCCC2)O1. The molecule has 0 aromatic heterocycles. The molecule has 3 heterocycles. The second-order valence-electron chi connectivity index (χ2n) is 7.44. The minimum absolute atomic E-state index is 1.14. The molecule has 3 rings (SSSR count). The van der Waals surface area contributed by atoms with Gasteiger partial charge in [-0.3, -0.25) is 0 Å². The third-order valence-electron chi connectivity index (χ3n) is 4.46. The van der Waals surface area contributed by atoms with E-state index in [0.717, 1.165) is 24.2 Å². The van der Waals surface area contributed by atoms with Crippen LogP contribution in [-0.2, 0) is 16.5 Å². The Kier molecular flexibility index (Phi) is 3.99. The monoisotopic (exact) mass is 348 g/mol. The molecule has 3 aliphatic rings. The van der Waals surface area contributed by atoms with E-state index < -0.39 is 34.2 Å². The van der Waals surface area contributed by atoms with Crippen molar-refractivity contribution in [3.8, 4) is 0 Å². The maximum atomic E-state index is 6.67. The molecule has 0 bridgehead atoms. The summed E-state index contributed by atoms with van der Waals surface area (Å²) in [5.74, 6) is 0. The third kappa shape index (κ3) is 3.22. The number of hydrogen-bond acceptors (Lipinski definition) is 4. The Balaban J connectivity index is 1.89. The Morgan fingerprint density at radius 3 is 1.00 bits per heavy atom. The normalized spacial score (nSPS) is 34.2. The fourth-order valence-corrected chi connectivity index (χ4v) is 27.5. The van der Waals surface area contributed by atoms with E-state index in [4.69, 9.17) is 16.5 Å². The van der Waals surface area contributed by atoms with Gasteiger partial charge in [-0.05, 0) is 50.4 Å². The molecule has 0 amide bonds. The molecule has 0 aliphatic carbocycles. The highest BCUT2D eigenvalue weighted by Crippen LogP contribution is 2.44. The summed E-state index contributed by atoms with van der Waals surface area (Å²) >= 11 is 0. The van der Waals surface area contributed by atoms with Gasteiger partial charge in [-0.1, -0.05) is 25.7 Å². The highest BCUT2D eigenvalue weighted by molar-refractivity contribution is 6.94. The minimum atomic E-state index is -2.11. The lowest BCUT2D eigenvalue weighted by molar-refractivity contribution is 0.230. The molecular weight excluding hydrogens is 320 g/mol. The summed E-state index contributed by atoms with van der Waals surface area (Å²) < 4.78 is 26.7. The maximum Gasteiger partial charge on any atom is 0.320 e. The first-order chi connectivity index (χ1) is 9.24. The Hall–Kier alpha value is 0.708. The van der Waals surface area contributed by atoms with Crippen molar-refractivity contribution < 1.29 is 16.5 Å². The first kappa shape index (κ1) is 15.6. The van der Waals surface area contributed by atoms with Crippen LogP contribution in [0.1, 0.15) is 25.7 Å². The lowest BCUT2D eigenvalue weighted by atomic mass is 10.4. The maximum absolute atomic E-state index is 6.67. The van der Waals surface area contributed by atoms with Crippen molar-refractivity contribution in [1.82, 2.24) is 0 Å². The molecule has 3 saturated heterocycles. The summed E-state index contributed by atoms with van der Waals surface area (Å²) in [6.07, 6.45) is 5.01. The zero-order chi connectivity index (χ0) is 14.5. The average Bonchev–Trinajstić information content (AvgIpc) is 2.84. The Morgan fingerprint density at radius 2 is 0.750 bits per heavy atom. The molecule has 0 radical (unpaired) electrons. The van der Waals surface area contributed by atoms with Crippen LogP contribution in [0.2, 0.25) is 50.4 Å². The van der Waals surface area contributed by atoms with E-state index in [1.165, 1.54) is 25.7 Å². The second-order valence-corrected chi connectivity index (χ2v) is 22.0. The van der Waals surface area contributed by atoms with Gasteiger partial charge in [-0.25, -0.2) is 0 Å². The highest BCUT2D eigenvalue weighted by Gasteiger charge is 2.58. The smallest absolute Gasteiger partial charge is 0.320 e. The molecule has 8 heteroatoms. The largest absolute Gasteiger partial charge is 0.416 e. The summed E-state index contributed by atoms with van der Waals surface area (Å²) in [6.45, 7) is 8.83. The van der Waals surface area contributed by atoms with Gasteiger partial charge in [0.15, 0.2) is 0 Å². The molecule has 116 valence electrons. The fourth-order valence-electron chi connectivity index (χ4n) is 4.11. The summed E-state index contributed by atoms with van der Waals surface area (Å²) in [7, 11) is -8.32. The van der Waals surface area contributed by atoms with Gasteiger partial charge in [-0.15, -0.1) is 0 Å². The molecule has 0 unspecified atom stereocenters. The van der Waals surface area contributed by atoms with Crippen molar-refractivity contribution in [2.45, 2.75) is 76.0 Å². The first-order valence-corrected chi connectivity index (χ1v) is 18.1. The van der Waals surface area contributed by atoms with E-state index >= 15 is 0 Å². The third-order valence-corrected chi connectivity index (χ3v) is 22.7. The van der Waals surface area contributed by atoms with Gasteiger partial charge in [0.05, 0.1) is 0 Å². The van der Waals surface area contributed by atoms with Crippen molar-refractivity contribution in [2.24, 2.45) is 0 Å². The van der Waals surface area contributed by atoms with Crippen molar-refractivity contribution in [3.05, 3.63) is 0 Å². The van der Waals surface area contributed by atoms with Crippen LogP contribution in [-0.4, -0.2) is 34.2 Å². The molecule has 3 fully saturated rings. The van der Waals surface area contributed by atoms with E-state index in [1.54, 1.807) is 0 Å². The van der Waals surface area contributed by atoms with Crippen LogP contribution in [0.3, 0.4) is 0 Å². The zero-order valence-corrected chi connectivity index (χ0v) is 17.3. The Morgan fingerprint density at radius 1 is 0.500 bits per heavy atom. The fraction of sp³-hybridized carbons (Fsp3) is 1.00. The Labute approximate surface area is 127 Å².